The predicted octanol–water partition coefficient (Wildman–Crippen LogP) is 3.76. The molecule has 2 heterocycles. The Kier molecular flexibility index (Phi) is 5.08. The zero-order valence-electron chi connectivity index (χ0n) is 15.1. The molecule has 0 aliphatic heterocycles. The van der Waals surface area contributed by atoms with Gasteiger partial charge in [-0.3, -0.25) is 15.6 Å². The van der Waals surface area contributed by atoms with Gasteiger partial charge in [0.15, 0.2) is 11.6 Å². The molecule has 0 saturated carbocycles. The lowest BCUT2D eigenvalue weighted by Gasteiger charge is -2.13. The Morgan fingerprint density at radius 1 is 0.931 bits per heavy atom. The van der Waals surface area contributed by atoms with Gasteiger partial charge in [0.2, 0.25) is 0 Å². The van der Waals surface area contributed by atoms with E-state index in [1.807, 2.05) is 36.4 Å². The van der Waals surface area contributed by atoms with E-state index in [1.54, 1.807) is 18.2 Å². The summed E-state index contributed by atoms with van der Waals surface area (Å²) in [6.45, 7) is 0. The van der Waals surface area contributed by atoms with Gasteiger partial charge in [0, 0.05) is 11.8 Å². The highest BCUT2D eigenvalue weighted by molar-refractivity contribution is 6.30. The molecule has 1 amide bonds. The molecular weight excluding hydrogens is 390 g/mol. The number of amides is 1. The maximum Gasteiger partial charge on any atom is 0.270 e. The number of aromatic nitrogens is 3. The molecule has 144 valence electrons. The number of halogens is 1. The first-order valence-electron chi connectivity index (χ1n) is 8.65. The summed E-state index contributed by atoms with van der Waals surface area (Å²) in [7, 11) is 0. The second-order valence-electron chi connectivity index (χ2n) is 6.08. The lowest BCUT2D eigenvalue weighted by Crippen LogP contribution is -2.30. The fourth-order valence-electron chi connectivity index (χ4n) is 2.77. The minimum absolute atomic E-state index is 0.225. The maximum absolute atomic E-state index is 12.7. The van der Waals surface area contributed by atoms with Crippen LogP contribution in [0.3, 0.4) is 0 Å². The van der Waals surface area contributed by atoms with Crippen LogP contribution in [-0.2, 0) is 0 Å². The Hall–Kier alpha value is -3.91. The topological polar surface area (TPSA) is 118 Å². The maximum atomic E-state index is 12.7. The molecule has 0 spiro atoms. The number of nitrogen functional groups attached to an aromatic ring is 1. The van der Waals surface area contributed by atoms with Crippen LogP contribution >= 0.6 is 11.6 Å². The fourth-order valence-corrected chi connectivity index (χ4v) is 2.88. The zero-order chi connectivity index (χ0) is 20.2. The lowest BCUT2D eigenvalue weighted by molar-refractivity contribution is 0.0964. The predicted molar refractivity (Wildman–Crippen MR) is 114 cm³/mol. The van der Waals surface area contributed by atoms with E-state index in [4.69, 9.17) is 17.3 Å². The third-order valence-electron chi connectivity index (χ3n) is 4.19. The number of nitrogens with one attached hydrogen (secondary N) is 3. The van der Waals surface area contributed by atoms with E-state index in [2.05, 4.69) is 31.1 Å². The SMILES string of the molecule is Nc1c(NNC(=O)c2cccc3ccccc23)ncnc1Nc1ccc(Cl)cn1. The van der Waals surface area contributed by atoms with Crippen LogP contribution in [0.5, 0.6) is 0 Å². The van der Waals surface area contributed by atoms with Gasteiger partial charge in [-0.2, -0.15) is 0 Å². The van der Waals surface area contributed by atoms with Gasteiger partial charge in [-0.25, -0.2) is 15.0 Å². The molecule has 29 heavy (non-hydrogen) atoms. The van der Waals surface area contributed by atoms with Crippen LogP contribution in [0.4, 0.5) is 23.1 Å². The van der Waals surface area contributed by atoms with Crippen LogP contribution in [0.15, 0.2) is 67.1 Å². The number of carbonyl (C=O) groups is 1. The van der Waals surface area contributed by atoms with Gasteiger partial charge in [-0.05, 0) is 29.0 Å². The van der Waals surface area contributed by atoms with Crippen LogP contribution in [0.25, 0.3) is 10.8 Å². The number of hydrogen-bond donors (Lipinski definition) is 4. The minimum Gasteiger partial charge on any atom is -0.393 e. The average Bonchev–Trinajstić information content (AvgIpc) is 2.75. The van der Waals surface area contributed by atoms with E-state index in [0.29, 0.717) is 22.2 Å². The number of benzene rings is 2. The molecule has 0 fully saturated rings. The van der Waals surface area contributed by atoms with Crippen molar-refractivity contribution >= 4 is 51.4 Å². The number of nitrogens with zero attached hydrogens (tertiary/aromatic N) is 3. The number of fused-ring (bicyclic) bond motifs is 1. The molecule has 4 aromatic rings. The van der Waals surface area contributed by atoms with Crippen LogP contribution < -0.4 is 21.9 Å². The number of hydrazine groups is 1. The molecule has 9 heteroatoms. The Labute approximate surface area is 171 Å². The molecular formula is C20H16ClN7O. The van der Waals surface area contributed by atoms with Crippen molar-refractivity contribution in [3.05, 3.63) is 77.7 Å². The Bertz CT molecular complexity index is 1180. The third-order valence-corrected chi connectivity index (χ3v) is 4.41. The van der Waals surface area contributed by atoms with Crippen molar-refractivity contribution in [1.82, 2.24) is 20.4 Å². The second-order valence-corrected chi connectivity index (χ2v) is 6.51. The van der Waals surface area contributed by atoms with Gasteiger partial charge >= 0.3 is 0 Å². The lowest BCUT2D eigenvalue weighted by atomic mass is 10.0. The number of hydrogen-bond acceptors (Lipinski definition) is 7. The monoisotopic (exact) mass is 405 g/mol. The van der Waals surface area contributed by atoms with Crippen molar-refractivity contribution < 1.29 is 4.79 Å². The first-order valence-corrected chi connectivity index (χ1v) is 9.03. The largest absolute Gasteiger partial charge is 0.393 e. The zero-order valence-corrected chi connectivity index (χ0v) is 15.8. The quantitative estimate of drug-likeness (QED) is 0.373. The molecule has 4 rings (SSSR count). The molecule has 0 bridgehead atoms. The molecule has 0 unspecified atom stereocenters. The summed E-state index contributed by atoms with van der Waals surface area (Å²) in [5.41, 5.74) is 12.3. The highest BCUT2D eigenvalue weighted by atomic mass is 35.5. The average molecular weight is 406 g/mol. The fraction of sp³-hybridized carbons (Fsp3) is 0. The van der Waals surface area contributed by atoms with E-state index in [-0.39, 0.29) is 17.4 Å². The van der Waals surface area contributed by atoms with E-state index in [1.165, 1.54) is 12.5 Å². The molecule has 8 nitrogen and oxygen atoms in total. The van der Waals surface area contributed by atoms with Crippen molar-refractivity contribution in [2.75, 3.05) is 16.5 Å². The molecule has 0 aliphatic rings. The molecule has 2 aromatic carbocycles. The van der Waals surface area contributed by atoms with Gasteiger partial charge in [0.1, 0.15) is 17.8 Å². The summed E-state index contributed by atoms with van der Waals surface area (Å²) in [5.74, 6) is 0.806. The summed E-state index contributed by atoms with van der Waals surface area (Å²) >= 11 is 5.84. The number of pyridine rings is 1. The first kappa shape index (κ1) is 18.5. The Morgan fingerprint density at radius 2 is 1.72 bits per heavy atom. The summed E-state index contributed by atoms with van der Waals surface area (Å²) in [6, 6.07) is 16.6. The normalized spacial score (nSPS) is 10.5. The summed E-state index contributed by atoms with van der Waals surface area (Å²) in [5, 5.41) is 5.33. The van der Waals surface area contributed by atoms with Gasteiger partial charge < -0.3 is 11.1 Å². The van der Waals surface area contributed by atoms with Crippen molar-refractivity contribution in [2.24, 2.45) is 0 Å². The third kappa shape index (κ3) is 4.02. The highest BCUT2D eigenvalue weighted by Crippen LogP contribution is 2.25. The summed E-state index contributed by atoms with van der Waals surface area (Å²) in [6.07, 6.45) is 2.83. The van der Waals surface area contributed by atoms with E-state index in [0.717, 1.165) is 10.8 Å². The summed E-state index contributed by atoms with van der Waals surface area (Å²) in [4.78, 5) is 25.0. The highest BCUT2D eigenvalue weighted by Gasteiger charge is 2.12. The van der Waals surface area contributed by atoms with E-state index >= 15 is 0 Å². The van der Waals surface area contributed by atoms with Crippen molar-refractivity contribution in [3.63, 3.8) is 0 Å². The van der Waals surface area contributed by atoms with Gasteiger partial charge in [0.05, 0.1) is 5.02 Å². The number of rotatable bonds is 5. The van der Waals surface area contributed by atoms with Crippen LogP contribution in [0.1, 0.15) is 10.4 Å². The second kappa shape index (κ2) is 7.99. The Morgan fingerprint density at radius 3 is 2.55 bits per heavy atom. The molecule has 0 atom stereocenters. The molecule has 0 aliphatic carbocycles. The Balaban J connectivity index is 1.51. The van der Waals surface area contributed by atoms with Crippen molar-refractivity contribution in [3.8, 4) is 0 Å². The molecule has 2 aromatic heterocycles. The minimum atomic E-state index is -0.311. The van der Waals surface area contributed by atoms with Crippen LogP contribution in [0.2, 0.25) is 5.02 Å². The van der Waals surface area contributed by atoms with Crippen LogP contribution in [-0.4, -0.2) is 20.9 Å². The number of anilines is 4. The number of nitrogens with two attached hydrogens (primary N) is 1. The van der Waals surface area contributed by atoms with Gasteiger partial charge in [-0.1, -0.05) is 48.0 Å². The molecule has 0 saturated heterocycles. The standard InChI is InChI=1S/C20H16ClN7O/c21-13-8-9-16(23-10-13)26-18-17(22)19(25-11-24-18)27-28-20(29)15-7-3-5-12-4-1-2-6-14(12)15/h1-11H,22H2,(H,28,29)(H2,23,24,25,26,27). The first-order chi connectivity index (χ1) is 14.1. The van der Waals surface area contributed by atoms with Gasteiger partial charge in [0.25, 0.3) is 5.91 Å². The summed E-state index contributed by atoms with van der Waals surface area (Å²) < 4.78 is 0. The van der Waals surface area contributed by atoms with Gasteiger partial charge in [-0.15, -0.1) is 0 Å². The van der Waals surface area contributed by atoms with E-state index in [9.17, 15) is 4.79 Å². The van der Waals surface area contributed by atoms with Crippen LogP contribution in [0, 0.1) is 0 Å². The number of carbonyl (C=O) groups excluding carboxylic acids is 1. The van der Waals surface area contributed by atoms with E-state index < -0.39 is 0 Å². The molecule has 5 N–H and O–H groups in total. The molecule has 0 radical (unpaired) electrons. The smallest absolute Gasteiger partial charge is 0.270 e. The van der Waals surface area contributed by atoms with Crippen molar-refractivity contribution in [1.29, 1.82) is 0 Å². The van der Waals surface area contributed by atoms with Crippen molar-refractivity contribution in [2.45, 2.75) is 0 Å².